The highest BCUT2D eigenvalue weighted by Crippen LogP contribution is 2.47. The second-order valence-electron chi connectivity index (χ2n) is 5.89. The van der Waals surface area contributed by atoms with Crippen molar-refractivity contribution in [3.05, 3.63) is 0 Å². The van der Waals surface area contributed by atoms with E-state index < -0.39 is 5.60 Å². The third kappa shape index (κ3) is 2.20. The van der Waals surface area contributed by atoms with Gasteiger partial charge in [0.05, 0.1) is 5.54 Å². The monoisotopic (exact) mass is 224 g/mol. The van der Waals surface area contributed by atoms with Gasteiger partial charge >= 0.3 is 6.09 Å². The fraction of sp³-hybridized carbons (Fsp3) is 0.833. The lowest BCUT2D eigenvalue weighted by molar-refractivity contribution is 0.0122. The summed E-state index contributed by atoms with van der Waals surface area (Å²) < 4.78 is 5.40. The van der Waals surface area contributed by atoms with Gasteiger partial charge in [-0.1, -0.05) is 0 Å². The van der Waals surface area contributed by atoms with Gasteiger partial charge in [-0.15, -0.1) is 0 Å². The number of hydrogen-bond acceptors (Lipinski definition) is 3. The van der Waals surface area contributed by atoms with Gasteiger partial charge in [0.25, 0.3) is 0 Å². The number of hydrogen-bond donors (Lipinski definition) is 1. The Kier molecular flexibility index (Phi) is 2.48. The molecule has 1 amide bonds. The number of likely N-dealkylation sites (tertiary alicyclic amines) is 1. The molecule has 90 valence electrons. The van der Waals surface area contributed by atoms with Gasteiger partial charge in [0.2, 0.25) is 0 Å². The van der Waals surface area contributed by atoms with Gasteiger partial charge in [-0.25, -0.2) is 4.79 Å². The summed E-state index contributed by atoms with van der Waals surface area (Å²) in [6.45, 7) is 6.30. The molecule has 4 nitrogen and oxygen atoms in total. The van der Waals surface area contributed by atoms with Crippen molar-refractivity contribution < 1.29 is 9.53 Å². The van der Waals surface area contributed by atoms with E-state index in [2.05, 4.69) is 0 Å². The van der Waals surface area contributed by atoms with Crippen molar-refractivity contribution in [3.8, 4) is 0 Å². The number of rotatable bonds is 0. The van der Waals surface area contributed by atoms with Crippen LogP contribution in [0.5, 0.6) is 0 Å². The molecule has 0 aromatic heterocycles. The lowest BCUT2D eigenvalue weighted by Crippen LogP contribution is -2.49. The molecule has 16 heavy (non-hydrogen) atoms. The Morgan fingerprint density at radius 2 is 2.06 bits per heavy atom. The van der Waals surface area contributed by atoms with Gasteiger partial charge in [-0.05, 0) is 33.6 Å². The maximum Gasteiger partial charge on any atom is 0.410 e. The summed E-state index contributed by atoms with van der Waals surface area (Å²) in [6.07, 6.45) is 3.27. The molecule has 1 heterocycles. The Balaban J connectivity index is 2.04. The number of nitrogens with zero attached hydrogens (tertiary/aromatic N) is 1. The third-order valence-electron chi connectivity index (χ3n) is 3.19. The Morgan fingerprint density at radius 1 is 1.44 bits per heavy atom. The lowest BCUT2D eigenvalue weighted by atomic mass is 9.98. The van der Waals surface area contributed by atoms with Crippen LogP contribution in [-0.4, -0.2) is 34.4 Å². The van der Waals surface area contributed by atoms with Crippen molar-refractivity contribution in [1.82, 2.24) is 4.90 Å². The van der Waals surface area contributed by atoms with E-state index >= 15 is 0 Å². The van der Waals surface area contributed by atoms with E-state index in [4.69, 9.17) is 10.1 Å². The topological polar surface area (TPSA) is 53.4 Å². The molecule has 4 heteroatoms. The van der Waals surface area contributed by atoms with E-state index in [1.165, 1.54) is 0 Å². The average molecular weight is 224 g/mol. The van der Waals surface area contributed by atoms with Crippen molar-refractivity contribution in [1.29, 1.82) is 5.41 Å². The van der Waals surface area contributed by atoms with Crippen LogP contribution in [0.15, 0.2) is 0 Å². The van der Waals surface area contributed by atoms with Crippen molar-refractivity contribution in [2.75, 3.05) is 6.54 Å². The largest absolute Gasteiger partial charge is 0.444 e. The molecule has 0 aromatic rings. The Hall–Kier alpha value is -1.06. The zero-order valence-electron chi connectivity index (χ0n) is 10.3. The second kappa shape index (κ2) is 3.47. The first-order chi connectivity index (χ1) is 7.32. The quantitative estimate of drug-likeness (QED) is 0.687. The summed E-state index contributed by atoms with van der Waals surface area (Å²) in [7, 11) is 0. The van der Waals surface area contributed by atoms with Crippen LogP contribution in [0.1, 0.15) is 46.5 Å². The minimum atomic E-state index is -0.432. The van der Waals surface area contributed by atoms with E-state index in [-0.39, 0.29) is 11.6 Å². The number of nitrogens with one attached hydrogen (secondary N) is 1. The minimum Gasteiger partial charge on any atom is -0.444 e. The lowest BCUT2D eigenvalue weighted by Gasteiger charge is -2.37. The molecule has 2 aliphatic rings. The molecule has 0 radical (unpaired) electrons. The normalized spacial score (nSPS) is 23.4. The Labute approximate surface area is 96.5 Å². The zero-order valence-corrected chi connectivity index (χ0v) is 10.3. The van der Waals surface area contributed by atoms with Crippen LogP contribution in [0.25, 0.3) is 0 Å². The first-order valence-corrected chi connectivity index (χ1v) is 5.89. The minimum absolute atomic E-state index is 0.0579. The van der Waals surface area contributed by atoms with Crippen molar-refractivity contribution in [2.24, 2.45) is 0 Å². The Morgan fingerprint density at radius 3 is 2.56 bits per heavy atom. The molecule has 0 unspecified atom stereocenters. The molecule has 1 aliphatic carbocycles. The number of carbonyl (C=O) groups excluding carboxylic acids is 1. The van der Waals surface area contributed by atoms with Gasteiger partial charge < -0.3 is 15.0 Å². The van der Waals surface area contributed by atoms with Crippen LogP contribution in [-0.2, 0) is 4.74 Å². The number of carbonyl (C=O) groups is 1. The van der Waals surface area contributed by atoms with Crippen LogP contribution in [0.3, 0.4) is 0 Å². The summed E-state index contributed by atoms with van der Waals surface area (Å²) in [5.74, 6) is 0. The molecule has 1 spiro atoms. The average Bonchev–Trinajstić information content (AvgIpc) is 2.81. The van der Waals surface area contributed by atoms with Crippen LogP contribution in [0.2, 0.25) is 0 Å². The molecule has 1 N–H and O–H groups in total. The van der Waals surface area contributed by atoms with Crippen LogP contribution < -0.4 is 0 Å². The molecule has 1 saturated carbocycles. The molecular formula is C12H20N2O2. The van der Waals surface area contributed by atoms with Crippen LogP contribution in [0.4, 0.5) is 4.79 Å². The number of ether oxygens (including phenoxy) is 1. The molecule has 1 saturated heterocycles. The van der Waals surface area contributed by atoms with Crippen LogP contribution >= 0.6 is 0 Å². The highest BCUT2D eigenvalue weighted by Gasteiger charge is 2.53. The summed E-state index contributed by atoms with van der Waals surface area (Å²) >= 11 is 0. The SMILES string of the molecule is CC(C)(C)OC(=O)N1CCC(=N)CC12CC2. The zero-order chi connectivity index (χ0) is 12.0. The predicted octanol–water partition coefficient (Wildman–Crippen LogP) is 2.57. The molecule has 2 fully saturated rings. The summed E-state index contributed by atoms with van der Waals surface area (Å²) in [4.78, 5) is 13.9. The predicted molar refractivity (Wildman–Crippen MR) is 61.9 cm³/mol. The maximum atomic E-state index is 12.0. The van der Waals surface area contributed by atoms with Crippen molar-refractivity contribution >= 4 is 11.8 Å². The van der Waals surface area contributed by atoms with E-state index in [1.54, 1.807) is 0 Å². The molecule has 2 rings (SSSR count). The number of amides is 1. The van der Waals surface area contributed by atoms with Gasteiger partial charge in [-0.3, -0.25) is 0 Å². The Bertz CT molecular complexity index is 326. The molecule has 0 bridgehead atoms. The fourth-order valence-corrected chi connectivity index (χ4v) is 2.26. The van der Waals surface area contributed by atoms with E-state index in [1.807, 2.05) is 25.7 Å². The van der Waals surface area contributed by atoms with Gasteiger partial charge in [0, 0.05) is 25.1 Å². The van der Waals surface area contributed by atoms with Crippen molar-refractivity contribution in [3.63, 3.8) is 0 Å². The van der Waals surface area contributed by atoms with Gasteiger partial charge in [0.15, 0.2) is 0 Å². The van der Waals surface area contributed by atoms with Crippen LogP contribution in [0, 0.1) is 5.41 Å². The third-order valence-corrected chi connectivity index (χ3v) is 3.19. The van der Waals surface area contributed by atoms with E-state index in [0.29, 0.717) is 13.0 Å². The summed E-state index contributed by atoms with van der Waals surface area (Å²) in [6, 6.07) is 0. The second-order valence-corrected chi connectivity index (χ2v) is 5.89. The first kappa shape index (κ1) is 11.4. The maximum absolute atomic E-state index is 12.0. The molecule has 0 atom stereocenters. The van der Waals surface area contributed by atoms with Gasteiger partial charge in [-0.2, -0.15) is 0 Å². The smallest absolute Gasteiger partial charge is 0.410 e. The summed E-state index contributed by atoms with van der Waals surface area (Å²) in [5.41, 5.74) is 0.285. The standard InChI is InChI=1S/C12H20N2O2/c1-11(2,3)16-10(15)14-7-4-9(13)8-12(14)5-6-12/h13H,4-8H2,1-3H3. The summed E-state index contributed by atoms with van der Waals surface area (Å²) in [5, 5.41) is 7.72. The molecule has 0 aromatic carbocycles. The molecular weight excluding hydrogens is 204 g/mol. The highest BCUT2D eigenvalue weighted by atomic mass is 16.6. The first-order valence-electron chi connectivity index (χ1n) is 5.89. The fourth-order valence-electron chi connectivity index (χ4n) is 2.26. The highest BCUT2D eigenvalue weighted by molar-refractivity contribution is 5.86. The van der Waals surface area contributed by atoms with Crippen molar-refractivity contribution in [2.45, 2.75) is 57.6 Å². The van der Waals surface area contributed by atoms with E-state index in [0.717, 1.165) is 25.0 Å². The van der Waals surface area contributed by atoms with E-state index in [9.17, 15) is 4.79 Å². The molecule has 1 aliphatic heterocycles. The number of piperidine rings is 1. The van der Waals surface area contributed by atoms with Gasteiger partial charge in [0.1, 0.15) is 5.60 Å².